The van der Waals surface area contributed by atoms with Crippen LogP contribution in [0.4, 0.5) is 0 Å². The number of hydrogen-bond acceptors (Lipinski definition) is 5. The largest absolute Gasteiger partial charge is 0.376 e. The Morgan fingerprint density at radius 3 is 2.63 bits per heavy atom. The van der Waals surface area contributed by atoms with E-state index in [0.717, 1.165) is 51.5 Å². The number of guanidine groups is 1. The highest BCUT2D eigenvalue weighted by molar-refractivity contribution is 7.89. The first kappa shape index (κ1) is 22.4. The van der Waals surface area contributed by atoms with Crippen LogP contribution in [0.5, 0.6) is 0 Å². The molecule has 0 aliphatic carbocycles. The van der Waals surface area contributed by atoms with Gasteiger partial charge in [0.05, 0.1) is 31.1 Å². The summed E-state index contributed by atoms with van der Waals surface area (Å²) in [6.07, 6.45) is 6.01. The predicted molar refractivity (Wildman–Crippen MR) is 108 cm³/mol. The lowest BCUT2D eigenvalue weighted by Crippen LogP contribution is -2.47. The van der Waals surface area contributed by atoms with E-state index in [1.54, 1.807) is 6.92 Å². The molecule has 1 unspecified atom stereocenters. The highest BCUT2D eigenvalue weighted by atomic mass is 32.2. The topological polar surface area (TPSA) is 92.3 Å². The van der Waals surface area contributed by atoms with Crippen molar-refractivity contribution < 1.29 is 17.9 Å². The molecule has 0 bridgehead atoms. The van der Waals surface area contributed by atoms with Gasteiger partial charge in [-0.2, -0.15) is 0 Å². The summed E-state index contributed by atoms with van der Waals surface area (Å²) in [7, 11) is -3.16. The molecule has 2 fully saturated rings. The molecule has 0 radical (unpaired) electrons. The molecule has 2 N–H and O–H groups in total. The highest BCUT2D eigenvalue weighted by Crippen LogP contribution is 2.17. The third-order valence-corrected chi connectivity index (χ3v) is 6.35. The number of sulfonamides is 1. The van der Waals surface area contributed by atoms with Crippen molar-refractivity contribution in [1.82, 2.24) is 14.9 Å². The zero-order chi connectivity index (χ0) is 19.5. The van der Waals surface area contributed by atoms with E-state index in [4.69, 9.17) is 9.47 Å². The maximum absolute atomic E-state index is 11.5. The Hall–Kier alpha value is -0.900. The summed E-state index contributed by atoms with van der Waals surface area (Å²) in [5.74, 6) is 0.943. The average Bonchev–Trinajstić information content (AvgIpc) is 2.70. The normalized spacial score (nSPS) is 22.8. The summed E-state index contributed by atoms with van der Waals surface area (Å²) in [5, 5.41) is 3.30. The molecule has 0 aromatic rings. The Kier molecular flexibility index (Phi) is 9.81. The minimum Gasteiger partial charge on any atom is -0.376 e. The molecule has 0 spiro atoms. The van der Waals surface area contributed by atoms with Gasteiger partial charge in [0, 0.05) is 32.8 Å². The van der Waals surface area contributed by atoms with Gasteiger partial charge >= 0.3 is 0 Å². The van der Waals surface area contributed by atoms with Crippen LogP contribution in [0.15, 0.2) is 4.99 Å². The number of nitrogens with one attached hydrogen (secondary N) is 2. The SMILES string of the molecule is CCNC(=NCCNS(=O)(=O)CC)N1CCC(OCC2CCCCO2)CC1. The van der Waals surface area contributed by atoms with Gasteiger partial charge < -0.3 is 19.7 Å². The van der Waals surface area contributed by atoms with Gasteiger partial charge in [-0.1, -0.05) is 0 Å². The van der Waals surface area contributed by atoms with Gasteiger partial charge in [0.1, 0.15) is 0 Å². The van der Waals surface area contributed by atoms with E-state index in [9.17, 15) is 8.42 Å². The van der Waals surface area contributed by atoms with E-state index in [2.05, 4.69) is 19.9 Å². The fourth-order valence-corrected chi connectivity index (χ4v) is 3.91. The van der Waals surface area contributed by atoms with E-state index >= 15 is 0 Å². The van der Waals surface area contributed by atoms with Crippen molar-refractivity contribution >= 4 is 16.0 Å². The van der Waals surface area contributed by atoms with Crippen LogP contribution in [0.1, 0.15) is 46.0 Å². The first-order valence-electron chi connectivity index (χ1n) is 10.3. The molecule has 2 heterocycles. The van der Waals surface area contributed by atoms with Gasteiger partial charge in [-0.25, -0.2) is 13.1 Å². The van der Waals surface area contributed by atoms with Gasteiger partial charge in [0.2, 0.25) is 10.0 Å². The quantitative estimate of drug-likeness (QED) is 0.338. The molecule has 2 aliphatic rings. The number of nitrogens with zero attached hydrogens (tertiary/aromatic N) is 2. The smallest absolute Gasteiger partial charge is 0.211 e. The Labute approximate surface area is 164 Å². The van der Waals surface area contributed by atoms with Crippen LogP contribution in [0.3, 0.4) is 0 Å². The third-order valence-electron chi connectivity index (χ3n) is 4.94. The number of ether oxygens (including phenoxy) is 2. The lowest BCUT2D eigenvalue weighted by molar-refractivity contribution is -0.0721. The Bertz CT molecular complexity index is 542. The summed E-state index contributed by atoms with van der Waals surface area (Å²) in [5.41, 5.74) is 0. The van der Waals surface area contributed by atoms with Crippen LogP contribution in [-0.4, -0.2) is 83.2 Å². The van der Waals surface area contributed by atoms with Crippen molar-refractivity contribution in [1.29, 1.82) is 0 Å². The summed E-state index contributed by atoms with van der Waals surface area (Å²) < 4.78 is 37.3. The molecule has 8 nitrogen and oxygen atoms in total. The van der Waals surface area contributed by atoms with Gasteiger partial charge in [-0.15, -0.1) is 0 Å². The van der Waals surface area contributed by atoms with E-state index < -0.39 is 10.0 Å². The van der Waals surface area contributed by atoms with Crippen molar-refractivity contribution in [3.05, 3.63) is 0 Å². The van der Waals surface area contributed by atoms with Crippen molar-refractivity contribution in [3.63, 3.8) is 0 Å². The van der Waals surface area contributed by atoms with Gasteiger partial charge in [-0.05, 0) is 46.0 Å². The third kappa shape index (κ3) is 8.33. The Morgan fingerprint density at radius 2 is 2.00 bits per heavy atom. The number of aliphatic imine (C=N–C) groups is 1. The van der Waals surface area contributed by atoms with E-state index in [0.29, 0.717) is 19.7 Å². The summed E-state index contributed by atoms with van der Waals surface area (Å²) in [6, 6.07) is 0. The van der Waals surface area contributed by atoms with Crippen molar-refractivity contribution in [2.24, 2.45) is 4.99 Å². The second-order valence-corrected chi connectivity index (χ2v) is 9.14. The van der Waals surface area contributed by atoms with Crippen molar-refractivity contribution in [2.45, 2.75) is 58.2 Å². The lowest BCUT2D eigenvalue weighted by Gasteiger charge is -2.35. The Morgan fingerprint density at radius 1 is 1.22 bits per heavy atom. The Balaban J connectivity index is 1.72. The maximum atomic E-state index is 11.5. The molecular weight excluding hydrogens is 368 g/mol. The first-order valence-corrected chi connectivity index (χ1v) is 11.9. The van der Waals surface area contributed by atoms with Crippen molar-refractivity contribution in [3.8, 4) is 0 Å². The van der Waals surface area contributed by atoms with E-state index in [1.807, 2.05) is 6.92 Å². The summed E-state index contributed by atoms with van der Waals surface area (Å²) in [6.45, 7) is 8.56. The summed E-state index contributed by atoms with van der Waals surface area (Å²) >= 11 is 0. The second-order valence-electron chi connectivity index (χ2n) is 7.04. The molecule has 0 amide bonds. The molecule has 0 aromatic carbocycles. The molecule has 9 heteroatoms. The zero-order valence-corrected chi connectivity index (χ0v) is 17.6. The fraction of sp³-hybridized carbons (Fsp3) is 0.944. The van der Waals surface area contributed by atoms with Crippen LogP contribution >= 0.6 is 0 Å². The number of rotatable bonds is 9. The van der Waals surface area contributed by atoms with Gasteiger partial charge in [-0.3, -0.25) is 4.99 Å². The number of likely N-dealkylation sites (tertiary alicyclic amines) is 1. The van der Waals surface area contributed by atoms with Gasteiger partial charge in [0.25, 0.3) is 0 Å². The molecular formula is C18H36N4O4S. The maximum Gasteiger partial charge on any atom is 0.211 e. The minimum atomic E-state index is -3.16. The molecule has 0 aromatic heterocycles. The van der Waals surface area contributed by atoms with Crippen molar-refractivity contribution in [2.75, 3.05) is 51.7 Å². The van der Waals surface area contributed by atoms with Crippen LogP contribution in [-0.2, 0) is 19.5 Å². The lowest BCUT2D eigenvalue weighted by atomic mass is 10.1. The summed E-state index contributed by atoms with van der Waals surface area (Å²) in [4.78, 5) is 6.79. The molecule has 2 saturated heterocycles. The van der Waals surface area contributed by atoms with Gasteiger partial charge in [0.15, 0.2) is 5.96 Å². The van der Waals surface area contributed by atoms with Crippen LogP contribution in [0, 0.1) is 0 Å². The average molecular weight is 405 g/mol. The fourth-order valence-electron chi connectivity index (χ4n) is 3.31. The van der Waals surface area contributed by atoms with Crippen LogP contribution < -0.4 is 10.0 Å². The van der Waals surface area contributed by atoms with E-state index in [-0.39, 0.29) is 18.0 Å². The second kappa shape index (κ2) is 11.8. The predicted octanol–water partition coefficient (Wildman–Crippen LogP) is 0.941. The number of piperidine rings is 1. The van der Waals surface area contributed by atoms with Crippen LogP contribution in [0.25, 0.3) is 0 Å². The molecule has 158 valence electrons. The molecule has 0 saturated carbocycles. The highest BCUT2D eigenvalue weighted by Gasteiger charge is 2.23. The monoisotopic (exact) mass is 404 g/mol. The number of hydrogen-bond donors (Lipinski definition) is 2. The minimum absolute atomic E-state index is 0.0934. The van der Waals surface area contributed by atoms with Crippen LogP contribution in [0.2, 0.25) is 0 Å². The standard InChI is InChI=1S/C18H36N4O4S/c1-3-19-18(20-10-11-21-27(23,24)4-2)22-12-8-16(9-13-22)26-15-17-7-5-6-14-25-17/h16-17,21H,3-15H2,1-2H3,(H,19,20). The zero-order valence-electron chi connectivity index (χ0n) is 16.8. The van der Waals surface area contributed by atoms with E-state index in [1.165, 1.54) is 12.8 Å². The first-order chi connectivity index (χ1) is 13.0. The molecule has 2 aliphatic heterocycles. The molecule has 1 atom stereocenters. The molecule has 2 rings (SSSR count). The molecule has 27 heavy (non-hydrogen) atoms.